The average Bonchev–Trinajstić information content (AvgIpc) is 2.32. The van der Waals surface area contributed by atoms with E-state index in [-0.39, 0.29) is 17.5 Å². The van der Waals surface area contributed by atoms with E-state index >= 15 is 0 Å². The van der Waals surface area contributed by atoms with Crippen molar-refractivity contribution in [1.29, 1.82) is 0 Å². The summed E-state index contributed by atoms with van der Waals surface area (Å²) in [5, 5.41) is 12.1. The van der Waals surface area contributed by atoms with Gasteiger partial charge in [-0.05, 0) is 26.8 Å². The number of aromatic amines is 1. The summed E-state index contributed by atoms with van der Waals surface area (Å²) >= 11 is 0. The van der Waals surface area contributed by atoms with Crippen LogP contribution < -0.4 is 11.3 Å². The first kappa shape index (κ1) is 9.85. The number of hydrogen-bond acceptors (Lipinski definition) is 3. The molecule has 1 aromatic heterocycles. The summed E-state index contributed by atoms with van der Waals surface area (Å²) in [6.45, 7) is 4.11. The van der Waals surface area contributed by atoms with Crippen molar-refractivity contribution in [2.75, 3.05) is 6.54 Å². The molecule has 0 unspecified atom stereocenters. The van der Waals surface area contributed by atoms with Crippen molar-refractivity contribution < 1.29 is 5.11 Å². The highest BCUT2D eigenvalue weighted by molar-refractivity contribution is 5.23. The van der Waals surface area contributed by atoms with Gasteiger partial charge in [-0.25, -0.2) is 0 Å². The standard InChI is InChI=1S/C8H15N3O2/c1-5(2)11-8(13)6(3-4-9)7(12)10-11/h5,13H,3-4,9H2,1-2H3,(H,10,12). The monoisotopic (exact) mass is 185 g/mol. The van der Waals surface area contributed by atoms with Crippen LogP contribution in [-0.4, -0.2) is 21.4 Å². The summed E-state index contributed by atoms with van der Waals surface area (Å²) in [7, 11) is 0. The molecule has 0 aliphatic heterocycles. The van der Waals surface area contributed by atoms with Gasteiger partial charge in [-0.2, -0.15) is 0 Å². The number of H-pyrrole nitrogens is 1. The van der Waals surface area contributed by atoms with E-state index in [1.54, 1.807) is 0 Å². The fourth-order valence-corrected chi connectivity index (χ4v) is 1.22. The molecule has 5 nitrogen and oxygen atoms in total. The van der Waals surface area contributed by atoms with Crippen molar-refractivity contribution in [2.24, 2.45) is 5.73 Å². The van der Waals surface area contributed by atoms with Gasteiger partial charge in [-0.1, -0.05) is 0 Å². The number of nitrogens with zero attached hydrogens (tertiary/aromatic N) is 1. The second-order valence-electron chi connectivity index (χ2n) is 3.25. The summed E-state index contributed by atoms with van der Waals surface area (Å²) in [4.78, 5) is 11.3. The highest BCUT2D eigenvalue weighted by atomic mass is 16.3. The molecule has 0 atom stereocenters. The fourth-order valence-electron chi connectivity index (χ4n) is 1.22. The maximum absolute atomic E-state index is 11.3. The van der Waals surface area contributed by atoms with Gasteiger partial charge in [-0.3, -0.25) is 14.6 Å². The molecule has 1 heterocycles. The summed E-state index contributed by atoms with van der Waals surface area (Å²) in [6.07, 6.45) is 0.404. The van der Waals surface area contributed by atoms with E-state index in [0.29, 0.717) is 18.5 Å². The SMILES string of the molecule is CC(C)n1[nH]c(=O)c(CCN)c1O. The van der Waals surface area contributed by atoms with E-state index in [1.165, 1.54) is 4.68 Å². The molecular weight excluding hydrogens is 170 g/mol. The third-order valence-corrected chi connectivity index (χ3v) is 1.90. The van der Waals surface area contributed by atoms with Crippen molar-refractivity contribution in [3.63, 3.8) is 0 Å². The predicted octanol–water partition coefficient (Wildman–Crippen LogP) is -0.0359. The van der Waals surface area contributed by atoms with Crippen molar-refractivity contribution >= 4 is 0 Å². The maximum Gasteiger partial charge on any atom is 0.271 e. The molecule has 0 saturated carbocycles. The van der Waals surface area contributed by atoms with Gasteiger partial charge in [0.05, 0.1) is 5.56 Å². The van der Waals surface area contributed by atoms with Crippen molar-refractivity contribution in [2.45, 2.75) is 26.3 Å². The zero-order valence-electron chi connectivity index (χ0n) is 7.87. The Morgan fingerprint density at radius 2 is 2.23 bits per heavy atom. The van der Waals surface area contributed by atoms with Crippen molar-refractivity contribution in [1.82, 2.24) is 9.78 Å². The maximum atomic E-state index is 11.3. The first-order valence-electron chi connectivity index (χ1n) is 4.30. The summed E-state index contributed by atoms with van der Waals surface area (Å²) in [5.41, 5.74) is 5.43. The summed E-state index contributed by atoms with van der Waals surface area (Å²) in [6, 6.07) is 0.0409. The van der Waals surface area contributed by atoms with Crippen LogP contribution in [0.2, 0.25) is 0 Å². The van der Waals surface area contributed by atoms with Gasteiger partial charge in [0.2, 0.25) is 5.88 Å². The van der Waals surface area contributed by atoms with Crippen LogP contribution in [0, 0.1) is 0 Å². The molecule has 5 heteroatoms. The molecule has 74 valence electrons. The molecule has 0 saturated heterocycles. The van der Waals surface area contributed by atoms with Crippen molar-refractivity contribution in [3.8, 4) is 5.88 Å². The third kappa shape index (κ3) is 1.75. The van der Waals surface area contributed by atoms with E-state index in [0.717, 1.165) is 0 Å². The highest BCUT2D eigenvalue weighted by Gasteiger charge is 2.14. The Balaban J connectivity index is 3.15. The third-order valence-electron chi connectivity index (χ3n) is 1.90. The molecule has 0 radical (unpaired) electrons. The number of nitrogens with one attached hydrogen (secondary N) is 1. The Labute approximate surface area is 76.2 Å². The molecule has 1 rings (SSSR count). The fraction of sp³-hybridized carbons (Fsp3) is 0.625. The second kappa shape index (κ2) is 3.66. The minimum Gasteiger partial charge on any atom is -0.493 e. The van der Waals surface area contributed by atoms with Crippen LogP contribution in [0.25, 0.3) is 0 Å². The van der Waals surface area contributed by atoms with Gasteiger partial charge in [0, 0.05) is 6.04 Å². The zero-order valence-corrected chi connectivity index (χ0v) is 7.87. The molecule has 0 aromatic carbocycles. The van der Waals surface area contributed by atoms with Crippen LogP contribution in [0.4, 0.5) is 0 Å². The Morgan fingerprint density at radius 1 is 1.62 bits per heavy atom. The van der Waals surface area contributed by atoms with Gasteiger partial charge < -0.3 is 10.8 Å². The predicted molar refractivity (Wildman–Crippen MR) is 49.9 cm³/mol. The number of nitrogens with two attached hydrogens (primary N) is 1. The van der Waals surface area contributed by atoms with Crippen molar-refractivity contribution in [3.05, 3.63) is 15.9 Å². The molecule has 0 bridgehead atoms. The largest absolute Gasteiger partial charge is 0.493 e. The van der Waals surface area contributed by atoms with Crippen LogP contribution in [-0.2, 0) is 6.42 Å². The van der Waals surface area contributed by atoms with E-state index < -0.39 is 0 Å². The topological polar surface area (TPSA) is 84.0 Å². The Hall–Kier alpha value is -1.23. The lowest BCUT2D eigenvalue weighted by Gasteiger charge is -2.07. The van der Waals surface area contributed by atoms with Gasteiger partial charge in [0.1, 0.15) is 0 Å². The molecule has 0 amide bonds. The van der Waals surface area contributed by atoms with E-state index in [1.807, 2.05) is 13.8 Å². The Kier molecular flexibility index (Phi) is 2.77. The minimum absolute atomic E-state index is 0.00505. The average molecular weight is 185 g/mol. The van der Waals surface area contributed by atoms with Gasteiger partial charge in [0.25, 0.3) is 5.56 Å². The van der Waals surface area contributed by atoms with Gasteiger partial charge in [-0.15, -0.1) is 0 Å². The molecule has 0 aliphatic carbocycles. The van der Waals surface area contributed by atoms with Crippen LogP contribution in [0.15, 0.2) is 4.79 Å². The molecular formula is C8H15N3O2. The number of hydrogen-bond donors (Lipinski definition) is 3. The lowest BCUT2D eigenvalue weighted by atomic mass is 10.2. The van der Waals surface area contributed by atoms with Gasteiger partial charge >= 0.3 is 0 Å². The number of aromatic hydroxyl groups is 1. The summed E-state index contributed by atoms with van der Waals surface area (Å²) in [5.74, 6) is 0.00505. The zero-order chi connectivity index (χ0) is 10.0. The normalized spacial score (nSPS) is 11.1. The molecule has 0 aliphatic rings. The van der Waals surface area contributed by atoms with Crippen LogP contribution in [0.3, 0.4) is 0 Å². The second-order valence-corrected chi connectivity index (χ2v) is 3.25. The first-order chi connectivity index (χ1) is 6.07. The van der Waals surface area contributed by atoms with E-state index in [4.69, 9.17) is 5.73 Å². The number of aromatic nitrogens is 2. The minimum atomic E-state index is -0.253. The smallest absolute Gasteiger partial charge is 0.271 e. The quantitative estimate of drug-likeness (QED) is 0.618. The molecule has 0 spiro atoms. The first-order valence-corrected chi connectivity index (χ1v) is 4.30. The van der Waals surface area contributed by atoms with Crippen LogP contribution >= 0.6 is 0 Å². The lowest BCUT2D eigenvalue weighted by Crippen LogP contribution is -2.12. The Bertz CT molecular complexity index is 338. The molecule has 13 heavy (non-hydrogen) atoms. The number of rotatable bonds is 3. The highest BCUT2D eigenvalue weighted by Crippen LogP contribution is 2.16. The van der Waals surface area contributed by atoms with Crippen LogP contribution in [0.5, 0.6) is 5.88 Å². The summed E-state index contributed by atoms with van der Waals surface area (Å²) < 4.78 is 1.44. The van der Waals surface area contributed by atoms with E-state index in [9.17, 15) is 9.90 Å². The molecule has 4 N–H and O–H groups in total. The van der Waals surface area contributed by atoms with Gasteiger partial charge in [0.15, 0.2) is 0 Å². The van der Waals surface area contributed by atoms with Crippen LogP contribution in [0.1, 0.15) is 25.5 Å². The Morgan fingerprint density at radius 3 is 2.62 bits per heavy atom. The lowest BCUT2D eigenvalue weighted by molar-refractivity contribution is 0.373. The molecule has 1 aromatic rings. The molecule has 0 fully saturated rings. The van der Waals surface area contributed by atoms with E-state index in [2.05, 4.69) is 5.10 Å².